The van der Waals surface area contributed by atoms with Crippen molar-refractivity contribution in [1.82, 2.24) is 0 Å². The Bertz CT molecular complexity index is 636. The maximum Gasteiger partial charge on any atom is 0.243 e. The zero-order chi connectivity index (χ0) is 14.5. The number of rotatable bonds is 4. The van der Waals surface area contributed by atoms with Crippen molar-refractivity contribution in [2.24, 2.45) is 0 Å². The predicted octanol–water partition coefficient (Wildman–Crippen LogP) is 4.13. The third-order valence-corrected chi connectivity index (χ3v) is 3.61. The Labute approximate surface area is 134 Å². The largest absolute Gasteiger partial charge is 0.375 e. The van der Waals surface area contributed by atoms with Crippen LogP contribution in [0.3, 0.4) is 0 Å². The molecule has 2 aromatic rings. The van der Waals surface area contributed by atoms with Gasteiger partial charge in [0.05, 0.1) is 6.54 Å². The molecule has 1 amide bonds. The second-order valence-corrected chi connectivity index (χ2v) is 5.63. The lowest BCUT2D eigenvalue weighted by Crippen LogP contribution is -2.22. The Balaban J connectivity index is 1.92. The predicted molar refractivity (Wildman–Crippen MR) is 87.7 cm³/mol. The Morgan fingerprint density at radius 1 is 1.25 bits per heavy atom. The number of carbonyl (C=O) groups is 1. The zero-order valence-corrected chi connectivity index (χ0v) is 13.2. The fourth-order valence-corrected chi connectivity index (χ4v) is 2.64. The highest BCUT2D eigenvalue weighted by Crippen LogP contribution is 2.22. The van der Waals surface area contributed by atoms with E-state index in [4.69, 9.17) is 11.6 Å². The molecule has 0 aromatic heterocycles. The molecular weight excluding hydrogens is 394 g/mol. The highest BCUT2D eigenvalue weighted by atomic mass is 127. The van der Waals surface area contributed by atoms with Gasteiger partial charge < -0.3 is 10.6 Å². The van der Waals surface area contributed by atoms with E-state index in [1.807, 2.05) is 0 Å². The molecule has 0 unspecified atom stereocenters. The van der Waals surface area contributed by atoms with Crippen LogP contribution in [0.15, 0.2) is 42.5 Å². The van der Waals surface area contributed by atoms with E-state index in [9.17, 15) is 9.18 Å². The molecule has 0 heterocycles. The Morgan fingerprint density at radius 3 is 2.75 bits per heavy atom. The van der Waals surface area contributed by atoms with Crippen LogP contribution in [0.25, 0.3) is 0 Å². The Morgan fingerprint density at radius 2 is 2.05 bits per heavy atom. The molecule has 0 radical (unpaired) electrons. The van der Waals surface area contributed by atoms with Crippen LogP contribution in [0.2, 0.25) is 5.02 Å². The molecule has 0 atom stereocenters. The highest BCUT2D eigenvalue weighted by molar-refractivity contribution is 14.1. The van der Waals surface area contributed by atoms with Gasteiger partial charge in [-0.2, -0.15) is 0 Å². The van der Waals surface area contributed by atoms with Gasteiger partial charge in [-0.15, -0.1) is 0 Å². The number of hydrogen-bond donors (Lipinski definition) is 2. The van der Waals surface area contributed by atoms with Gasteiger partial charge in [0, 0.05) is 20.0 Å². The summed E-state index contributed by atoms with van der Waals surface area (Å²) < 4.78 is 13.9. The molecule has 0 aliphatic heterocycles. The number of anilines is 2. The van der Waals surface area contributed by atoms with Gasteiger partial charge in [-0.3, -0.25) is 4.79 Å². The summed E-state index contributed by atoms with van der Waals surface area (Å²) in [5.74, 6) is -0.635. The van der Waals surface area contributed by atoms with Gasteiger partial charge in [0.2, 0.25) is 5.91 Å². The maximum atomic E-state index is 13.0. The van der Waals surface area contributed by atoms with E-state index < -0.39 is 0 Å². The topological polar surface area (TPSA) is 41.1 Å². The number of hydrogen-bond acceptors (Lipinski definition) is 2. The van der Waals surface area contributed by atoms with Crippen molar-refractivity contribution in [2.75, 3.05) is 17.2 Å². The summed E-state index contributed by atoms with van der Waals surface area (Å²) >= 11 is 7.99. The molecule has 0 spiro atoms. The van der Waals surface area contributed by atoms with Gasteiger partial charge in [0.1, 0.15) is 5.82 Å². The molecule has 104 valence electrons. The minimum atomic E-state index is -0.386. The first-order valence-electron chi connectivity index (χ1n) is 5.79. The van der Waals surface area contributed by atoms with Gasteiger partial charge in [0.25, 0.3) is 0 Å². The minimum Gasteiger partial charge on any atom is -0.375 e. The molecule has 0 aliphatic carbocycles. The van der Waals surface area contributed by atoms with Crippen LogP contribution in [0, 0.1) is 9.39 Å². The average Bonchev–Trinajstić information content (AvgIpc) is 2.37. The molecule has 6 heteroatoms. The van der Waals surface area contributed by atoms with Gasteiger partial charge in [-0.1, -0.05) is 17.7 Å². The molecular formula is C14H11ClFIN2O. The van der Waals surface area contributed by atoms with Crippen LogP contribution < -0.4 is 10.6 Å². The van der Waals surface area contributed by atoms with Crippen molar-refractivity contribution in [3.05, 3.63) is 56.9 Å². The third kappa shape index (κ3) is 4.35. The number of halogens is 3. The first-order valence-corrected chi connectivity index (χ1v) is 7.24. The van der Waals surface area contributed by atoms with Crippen molar-refractivity contribution in [1.29, 1.82) is 0 Å². The molecule has 0 bridgehead atoms. The summed E-state index contributed by atoms with van der Waals surface area (Å²) in [6.07, 6.45) is 0. The SMILES string of the molecule is O=C(CNc1ccc(Cl)cc1I)Nc1cccc(F)c1. The van der Waals surface area contributed by atoms with Crippen LogP contribution in [0.4, 0.5) is 15.8 Å². The molecule has 2 N–H and O–H groups in total. The highest BCUT2D eigenvalue weighted by Gasteiger charge is 2.05. The molecule has 0 aliphatic rings. The van der Waals surface area contributed by atoms with Crippen molar-refractivity contribution in [3.8, 4) is 0 Å². The monoisotopic (exact) mass is 404 g/mol. The van der Waals surface area contributed by atoms with E-state index in [1.54, 1.807) is 30.3 Å². The van der Waals surface area contributed by atoms with Gasteiger partial charge in [-0.05, 0) is 59.0 Å². The van der Waals surface area contributed by atoms with E-state index in [1.165, 1.54) is 12.1 Å². The summed E-state index contributed by atoms with van der Waals surface area (Å²) in [6, 6.07) is 11.1. The fourth-order valence-electron chi connectivity index (χ4n) is 1.58. The molecule has 0 saturated heterocycles. The molecule has 0 fully saturated rings. The summed E-state index contributed by atoms with van der Waals surface area (Å²) in [5.41, 5.74) is 1.26. The first-order chi connectivity index (χ1) is 9.54. The standard InChI is InChI=1S/C14H11ClFIN2O/c15-9-4-5-13(12(17)6-9)18-8-14(20)19-11-3-1-2-10(16)7-11/h1-7,18H,8H2,(H,19,20). The number of amides is 1. The summed E-state index contributed by atoms with van der Waals surface area (Å²) in [4.78, 5) is 11.8. The fraction of sp³-hybridized carbons (Fsp3) is 0.0714. The van der Waals surface area contributed by atoms with Crippen LogP contribution in [0.1, 0.15) is 0 Å². The van der Waals surface area contributed by atoms with Crippen LogP contribution in [-0.4, -0.2) is 12.5 Å². The average molecular weight is 405 g/mol. The number of benzene rings is 2. The van der Waals surface area contributed by atoms with Crippen molar-refractivity contribution < 1.29 is 9.18 Å². The van der Waals surface area contributed by atoms with E-state index in [2.05, 4.69) is 33.2 Å². The van der Waals surface area contributed by atoms with Gasteiger partial charge in [-0.25, -0.2) is 4.39 Å². The van der Waals surface area contributed by atoms with E-state index >= 15 is 0 Å². The van der Waals surface area contributed by atoms with E-state index in [-0.39, 0.29) is 18.3 Å². The molecule has 20 heavy (non-hydrogen) atoms. The van der Waals surface area contributed by atoms with Crippen molar-refractivity contribution >= 4 is 51.5 Å². The van der Waals surface area contributed by atoms with Crippen molar-refractivity contribution in [2.45, 2.75) is 0 Å². The smallest absolute Gasteiger partial charge is 0.243 e. The first kappa shape index (κ1) is 15.1. The van der Waals surface area contributed by atoms with E-state index in [0.717, 1.165) is 9.26 Å². The molecule has 3 nitrogen and oxygen atoms in total. The minimum absolute atomic E-state index is 0.0914. The molecule has 2 rings (SSSR count). The maximum absolute atomic E-state index is 13.0. The quantitative estimate of drug-likeness (QED) is 0.752. The molecule has 0 saturated carbocycles. The number of nitrogens with one attached hydrogen (secondary N) is 2. The summed E-state index contributed by atoms with van der Waals surface area (Å²) in [6.45, 7) is 0.0914. The van der Waals surface area contributed by atoms with Crippen LogP contribution in [0.5, 0.6) is 0 Å². The Kier molecular flexibility index (Phi) is 5.19. The Hall–Kier alpha value is -1.34. The summed E-state index contributed by atoms with van der Waals surface area (Å²) in [5, 5.41) is 6.26. The lowest BCUT2D eigenvalue weighted by atomic mass is 10.3. The second-order valence-electron chi connectivity index (χ2n) is 4.04. The molecule has 2 aromatic carbocycles. The zero-order valence-electron chi connectivity index (χ0n) is 10.3. The van der Waals surface area contributed by atoms with Gasteiger partial charge >= 0.3 is 0 Å². The second kappa shape index (κ2) is 6.90. The number of carbonyl (C=O) groups excluding carboxylic acids is 1. The van der Waals surface area contributed by atoms with Crippen LogP contribution in [-0.2, 0) is 4.79 Å². The normalized spacial score (nSPS) is 10.2. The lowest BCUT2D eigenvalue weighted by molar-refractivity contribution is -0.114. The third-order valence-electron chi connectivity index (χ3n) is 2.48. The lowest BCUT2D eigenvalue weighted by Gasteiger charge is -2.09. The van der Waals surface area contributed by atoms with E-state index in [0.29, 0.717) is 10.7 Å². The van der Waals surface area contributed by atoms with Crippen molar-refractivity contribution in [3.63, 3.8) is 0 Å². The van der Waals surface area contributed by atoms with Gasteiger partial charge in [0.15, 0.2) is 0 Å². The van der Waals surface area contributed by atoms with Crippen LogP contribution >= 0.6 is 34.2 Å². The summed E-state index contributed by atoms with van der Waals surface area (Å²) in [7, 11) is 0.